The summed E-state index contributed by atoms with van der Waals surface area (Å²) in [6.07, 6.45) is 13.9. The summed E-state index contributed by atoms with van der Waals surface area (Å²) in [7, 11) is 0. The molecule has 1 aliphatic rings. The highest BCUT2D eigenvalue weighted by molar-refractivity contribution is 5.66. The third-order valence-electron chi connectivity index (χ3n) is 4.04. The van der Waals surface area contributed by atoms with Crippen molar-refractivity contribution in [2.75, 3.05) is 0 Å². The Morgan fingerprint density at radius 2 is 1.82 bits per heavy atom. The molecule has 0 spiro atoms. The van der Waals surface area contributed by atoms with Gasteiger partial charge in [0.2, 0.25) is 0 Å². The lowest BCUT2D eigenvalue weighted by Crippen LogP contribution is -2.28. The van der Waals surface area contributed by atoms with Gasteiger partial charge in [-0.2, -0.15) is 0 Å². The minimum Gasteiger partial charge on any atom is -0.393 e. The monoisotopic (exact) mass is 300 g/mol. The van der Waals surface area contributed by atoms with Gasteiger partial charge in [0.25, 0.3) is 0 Å². The first-order chi connectivity index (χ1) is 10.3. The van der Waals surface area contributed by atoms with E-state index in [1.54, 1.807) is 6.08 Å². The van der Waals surface area contributed by atoms with Crippen LogP contribution in [0.2, 0.25) is 0 Å². The molecule has 0 aromatic carbocycles. The topological polar surface area (TPSA) is 37.3 Å². The predicted molar refractivity (Wildman–Crippen MR) is 93.6 cm³/mol. The molecule has 0 unspecified atom stereocenters. The standard InChI is InChI=1S/C20H28O2/c1-15(7-6-8-16(2)11-12-21)9-10-19-17(3)13-18(22)14-20(19,4)5/h6-12,18,22H,13-14H2,1-5H3/b8-6-,10-9+,15-7+,16-11+/t18-/m1/s1. The molecular weight excluding hydrogens is 272 g/mol. The lowest BCUT2D eigenvalue weighted by Gasteiger charge is -2.35. The molecule has 1 aliphatic carbocycles. The summed E-state index contributed by atoms with van der Waals surface area (Å²) in [5, 5.41) is 9.91. The number of hydrogen-bond donors (Lipinski definition) is 1. The van der Waals surface area contributed by atoms with Crippen LogP contribution in [0.3, 0.4) is 0 Å². The Bertz CT molecular complexity index is 554. The van der Waals surface area contributed by atoms with Gasteiger partial charge in [0.15, 0.2) is 0 Å². The van der Waals surface area contributed by atoms with Crippen LogP contribution >= 0.6 is 0 Å². The van der Waals surface area contributed by atoms with E-state index in [1.165, 1.54) is 11.1 Å². The molecule has 22 heavy (non-hydrogen) atoms. The first-order valence-electron chi connectivity index (χ1n) is 7.79. The molecule has 120 valence electrons. The smallest absolute Gasteiger partial charge is 0.143 e. The molecule has 0 aromatic rings. The number of aliphatic hydroxyl groups excluding tert-OH is 1. The third kappa shape index (κ3) is 5.61. The average Bonchev–Trinajstić information content (AvgIpc) is 2.36. The van der Waals surface area contributed by atoms with Crippen molar-refractivity contribution in [1.82, 2.24) is 0 Å². The molecule has 0 radical (unpaired) electrons. The van der Waals surface area contributed by atoms with E-state index in [2.05, 4.69) is 39.8 Å². The number of aliphatic hydroxyl groups is 1. The second kappa shape index (κ2) is 8.09. The van der Waals surface area contributed by atoms with Crippen LogP contribution in [-0.2, 0) is 4.79 Å². The summed E-state index contributed by atoms with van der Waals surface area (Å²) >= 11 is 0. The highest BCUT2D eigenvalue weighted by Crippen LogP contribution is 2.40. The van der Waals surface area contributed by atoms with Crippen LogP contribution in [0, 0.1) is 5.41 Å². The van der Waals surface area contributed by atoms with Gasteiger partial charge in [-0.1, -0.05) is 55.4 Å². The molecule has 0 heterocycles. The normalized spacial score (nSPS) is 23.6. The van der Waals surface area contributed by atoms with Gasteiger partial charge in [-0.3, -0.25) is 4.79 Å². The molecule has 0 aromatic heterocycles. The zero-order chi connectivity index (χ0) is 16.8. The van der Waals surface area contributed by atoms with Gasteiger partial charge in [0.1, 0.15) is 6.29 Å². The highest BCUT2D eigenvalue weighted by atomic mass is 16.3. The summed E-state index contributed by atoms with van der Waals surface area (Å²) < 4.78 is 0. The summed E-state index contributed by atoms with van der Waals surface area (Å²) in [6, 6.07) is 0. The van der Waals surface area contributed by atoms with Gasteiger partial charge >= 0.3 is 0 Å². The van der Waals surface area contributed by atoms with E-state index in [4.69, 9.17) is 0 Å². The van der Waals surface area contributed by atoms with Crippen LogP contribution in [0.5, 0.6) is 0 Å². The second-order valence-corrected chi connectivity index (χ2v) is 6.79. The third-order valence-corrected chi connectivity index (χ3v) is 4.04. The second-order valence-electron chi connectivity index (χ2n) is 6.79. The Labute approximate surface area is 134 Å². The number of allylic oxidation sites excluding steroid dienone is 9. The first-order valence-corrected chi connectivity index (χ1v) is 7.79. The summed E-state index contributed by atoms with van der Waals surface area (Å²) in [6.45, 7) is 10.4. The van der Waals surface area contributed by atoms with Crippen LogP contribution in [0.25, 0.3) is 0 Å². The van der Waals surface area contributed by atoms with Crippen LogP contribution in [0.4, 0.5) is 0 Å². The molecule has 0 bridgehead atoms. The zero-order valence-corrected chi connectivity index (χ0v) is 14.4. The van der Waals surface area contributed by atoms with Crippen molar-refractivity contribution >= 4 is 6.29 Å². The van der Waals surface area contributed by atoms with E-state index in [0.29, 0.717) is 0 Å². The van der Waals surface area contributed by atoms with Gasteiger partial charge in [-0.15, -0.1) is 0 Å². The lowest BCUT2D eigenvalue weighted by atomic mass is 9.71. The fourth-order valence-corrected chi connectivity index (χ4v) is 2.96. The first kappa shape index (κ1) is 18.4. The van der Waals surface area contributed by atoms with Crippen molar-refractivity contribution in [3.05, 3.63) is 58.7 Å². The van der Waals surface area contributed by atoms with E-state index in [9.17, 15) is 9.90 Å². The summed E-state index contributed by atoms with van der Waals surface area (Å²) in [5.74, 6) is 0. The molecule has 1 rings (SSSR count). The fraction of sp³-hybridized carbons (Fsp3) is 0.450. The molecule has 2 heteroatoms. The zero-order valence-electron chi connectivity index (χ0n) is 14.4. The van der Waals surface area contributed by atoms with Gasteiger partial charge in [0, 0.05) is 0 Å². The van der Waals surface area contributed by atoms with Crippen molar-refractivity contribution in [3.63, 3.8) is 0 Å². The molecule has 0 amide bonds. The van der Waals surface area contributed by atoms with Gasteiger partial charge in [-0.05, 0) is 56.3 Å². The quantitative estimate of drug-likeness (QED) is 0.454. The molecule has 0 saturated carbocycles. The molecular formula is C20H28O2. The maximum atomic E-state index is 10.3. The van der Waals surface area contributed by atoms with Crippen molar-refractivity contribution in [2.24, 2.45) is 5.41 Å². The van der Waals surface area contributed by atoms with Crippen molar-refractivity contribution < 1.29 is 9.90 Å². The highest BCUT2D eigenvalue weighted by Gasteiger charge is 2.31. The van der Waals surface area contributed by atoms with E-state index in [1.807, 2.05) is 25.2 Å². The molecule has 0 fully saturated rings. The predicted octanol–water partition coefficient (Wildman–Crippen LogP) is 4.69. The van der Waals surface area contributed by atoms with Crippen LogP contribution in [0.1, 0.15) is 47.5 Å². The summed E-state index contributed by atoms with van der Waals surface area (Å²) in [4.78, 5) is 10.3. The van der Waals surface area contributed by atoms with Crippen molar-refractivity contribution in [2.45, 2.75) is 53.6 Å². The minimum atomic E-state index is -0.223. The number of aldehydes is 1. The van der Waals surface area contributed by atoms with Gasteiger partial charge in [-0.25, -0.2) is 0 Å². The fourth-order valence-electron chi connectivity index (χ4n) is 2.96. The Balaban J connectivity index is 2.84. The van der Waals surface area contributed by atoms with Crippen LogP contribution in [0.15, 0.2) is 58.7 Å². The number of carbonyl (C=O) groups excluding carboxylic acids is 1. The number of hydrogen-bond acceptors (Lipinski definition) is 2. The Hall–Kier alpha value is -1.67. The van der Waals surface area contributed by atoms with E-state index in [-0.39, 0.29) is 11.5 Å². The molecule has 0 saturated heterocycles. The summed E-state index contributed by atoms with van der Waals surface area (Å²) in [5.41, 5.74) is 4.69. The average molecular weight is 300 g/mol. The Morgan fingerprint density at radius 1 is 1.18 bits per heavy atom. The van der Waals surface area contributed by atoms with Gasteiger partial charge in [0.05, 0.1) is 6.10 Å². The van der Waals surface area contributed by atoms with Crippen LogP contribution in [-0.4, -0.2) is 17.5 Å². The van der Waals surface area contributed by atoms with E-state index >= 15 is 0 Å². The van der Waals surface area contributed by atoms with Gasteiger partial charge < -0.3 is 5.11 Å². The van der Waals surface area contributed by atoms with E-state index < -0.39 is 0 Å². The molecule has 1 atom stereocenters. The minimum absolute atomic E-state index is 0.0116. The maximum Gasteiger partial charge on any atom is 0.143 e. The molecule has 2 nitrogen and oxygen atoms in total. The molecule has 1 N–H and O–H groups in total. The van der Waals surface area contributed by atoms with Crippen molar-refractivity contribution in [1.29, 1.82) is 0 Å². The molecule has 0 aliphatic heterocycles. The number of carbonyl (C=O) groups is 1. The van der Waals surface area contributed by atoms with Crippen molar-refractivity contribution in [3.8, 4) is 0 Å². The Morgan fingerprint density at radius 3 is 2.41 bits per heavy atom. The van der Waals surface area contributed by atoms with E-state index in [0.717, 1.165) is 30.3 Å². The number of rotatable bonds is 5. The lowest BCUT2D eigenvalue weighted by molar-refractivity contribution is -0.104. The Kier molecular flexibility index (Phi) is 6.76. The largest absolute Gasteiger partial charge is 0.393 e. The SMILES string of the molecule is CC1=C(/C=C/C(C)=C/C=C\C(C)=C\C=O)C(C)(C)C[C@H](O)C1. The van der Waals surface area contributed by atoms with Crippen LogP contribution < -0.4 is 0 Å². The maximum absolute atomic E-state index is 10.3.